The molecule has 152 valence electrons. The van der Waals surface area contributed by atoms with Crippen LogP contribution in [-0.4, -0.2) is 31.1 Å². The van der Waals surface area contributed by atoms with Crippen molar-refractivity contribution in [2.75, 3.05) is 26.6 Å². The Morgan fingerprint density at radius 2 is 1.69 bits per heavy atom. The van der Waals surface area contributed by atoms with Gasteiger partial charge in [-0.15, -0.1) is 0 Å². The molecule has 1 saturated carbocycles. The number of anilines is 1. The van der Waals surface area contributed by atoms with Gasteiger partial charge in [-0.25, -0.2) is 4.68 Å². The summed E-state index contributed by atoms with van der Waals surface area (Å²) in [7, 11) is 4.88. The second-order valence-corrected chi connectivity index (χ2v) is 7.23. The summed E-state index contributed by atoms with van der Waals surface area (Å²) in [5.74, 6) is 3.51. The molecule has 0 saturated heterocycles. The highest BCUT2D eigenvalue weighted by Crippen LogP contribution is 2.43. The van der Waals surface area contributed by atoms with E-state index in [1.54, 1.807) is 21.3 Å². The first-order valence-corrected chi connectivity index (χ1v) is 9.84. The first-order valence-electron chi connectivity index (χ1n) is 9.84. The molecule has 2 aromatic carbocycles. The van der Waals surface area contributed by atoms with Crippen LogP contribution in [0, 0.1) is 6.92 Å². The zero-order valence-electron chi connectivity index (χ0n) is 17.4. The van der Waals surface area contributed by atoms with Gasteiger partial charge >= 0.3 is 0 Å². The Hall–Kier alpha value is -3.15. The van der Waals surface area contributed by atoms with Gasteiger partial charge in [0.15, 0.2) is 11.5 Å². The lowest BCUT2D eigenvalue weighted by molar-refractivity contribution is 0.322. The summed E-state index contributed by atoms with van der Waals surface area (Å²) >= 11 is 0. The Balaban J connectivity index is 1.69. The SMILES string of the molecule is COc1ccc(CNc2c(C)c(C3CC3)nn2-c2ccccc2)c(OC)c1OC. The molecule has 0 unspecified atom stereocenters. The number of hydrogen-bond donors (Lipinski definition) is 1. The highest BCUT2D eigenvalue weighted by atomic mass is 16.5. The van der Waals surface area contributed by atoms with E-state index in [9.17, 15) is 0 Å². The van der Waals surface area contributed by atoms with Crippen molar-refractivity contribution in [2.45, 2.75) is 32.2 Å². The van der Waals surface area contributed by atoms with Gasteiger partial charge in [0.25, 0.3) is 0 Å². The molecular formula is C23H27N3O3. The maximum absolute atomic E-state index is 5.63. The molecule has 1 aromatic heterocycles. The minimum atomic E-state index is 0.576. The van der Waals surface area contributed by atoms with E-state index < -0.39 is 0 Å². The van der Waals surface area contributed by atoms with E-state index >= 15 is 0 Å². The molecule has 0 spiro atoms. The van der Waals surface area contributed by atoms with Gasteiger partial charge in [0.1, 0.15) is 5.82 Å². The fourth-order valence-electron chi connectivity index (χ4n) is 3.70. The van der Waals surface area contributed by atoms with E-state index in [2.05, 4.69) is 24.4 Å². The predicted octanol–water partition coefficient (Wildman–Crippen LogP) is 4.70. The van der Waals surface area contributed by atoms with Gasteiger partial charge in [0, 0.05) is 23.6 Å². The van der Waals surface area contributed by atoms with Crippen molar-refractivity contribution in [2.24, 2.45) is 0 Å². The lowest BCUT2D eigenvalue weighted by atomic mass is 10.1. The molecule has 1 heterocycles. The number of benzene rings is 2. The maximum Gasteiger partial charge on any atom is 0.203 e. The normalized spacial score (nSPS) is 13.2. The highest BCUT2D eigenvalue weighted by Gasteiger charge is 2.30. The number of methoxy groups -OCH3 is 3. The third-order valence-electron chi connectivity index (χ3n) is 5.36. The van der Waals surface area contributed by atoms with Crippen LogP contribution in [0.4, 0.5) is 5.82 Å². The predicted molar refractivity (Wildman–Crippen MR) is 114 cm³/mol. The molecule has 1 aliphatic rings. The third kappa shape index (κ3) is 3.62. The van der Waals surface area contributed by atoms with E-state index in [1.807, 2.05) is 35.0 Å². The highest BCUT2D eigenvalue weighted by molar-refractivity contribution is 5.58. The van der Waals surface area contributed by atoms with Crippen LogP contribution in [0.15, 0.2) is 42.5 Å². The molecule has 0 bridgehead atoms. The van der Waals surface area contributed by atoms with E-state index in [4.69, 9.17) is 19.3 Å². The first-order chi connectivity index (χ1) is 14.2. The van der Waals surface area contributed by atoms with Crippen LogP contribution in [0.25, 0.3) is 5.69 Å². The molecule has 0 atom stereocenters. The molecule has 1 aliphatic carbocycles. The molecule has 4 rings (SSSR count). The third-order valence-corrected chi connectivity index (χ3v) is 5.36. The van der Waals surface area contributed by atoms with E-state index in [0.717, 1.165) is 17.1 Å². The Kier molecular flexibility index (Phi) is 5.34. The van der Waals surface area contributed by atoms with Crippen molar-refractivity contribution in [1.82, 2.24) is 9.78 Å². The standard InChI is InChI=1S/C23H27N3O3/c1-15-20(16-10-11-16)25-26(18-8-6-5-7-9-18)23(15)24-14-17-12-13-19(27-2)22(29-4)21(17)28-3/h5-9,12-13,16,24H,10-11,14H2,1-4H3. The number of ether oxygens (including phenoxy) is 3. The topological polar surface area (TPSA) is 57.5 Å². The van der Waals surface area contributed by atoms with Crippen LogP contribution in [-0.2, 0) is 6.54 Å². The summed E-state index contributed by atoms with van der Waals surface area (Å²) in [6.07, 6.45) is 2.44. The second kappa shape index (κ2) is 8.07. The number of nitrogens with one attached hydrogen (secondary N) is 1. The van der Waals surface area contributed by atoms with Gasteiger partial charge in [-0.3, -0.25) is 0 Å². The van der Waals surface area contributed by atoms with Crippen molar-refractivity contribution >= 4 is 5.82 Å². The average molecular weight is 393 g/mol. The first kappa shape index (κ1) is 19.2. The number of rotatable bonds is 8. The molecule has 1 N–H and O–H groups in total. The molecule has 6 nitrogen and oxygen atoms in total. The fourth-order valence-corrected chi connectivity index (χ4v) is 3.70. The Labute approximate surface area is 171 Å². The molecule has 1 fully saturated rings. The Bertz CT molecular complexity index is 994. The summed E-state index contributed by atoms with van der Waals surface area (Å²) in [6, 6.07) is 14.1. The van der Waals surface area contributed by atoms with Crippen LogP contribution < -0.4 is 19.5 Å². The molecule has 0 amide bonds. The fraction of sp³-hybridized carbons (Fsp3) is 0.348. The van der Waals surface area contributed by atoms with Crippen LogP contribution in [0.5, 0.6) is 17.2 Å². The Morgan fingerprint density at radius 1 is 0.966 bits per heavy atom. The summed E-state index contributed by atoms with van der Waals surface area (Å²) in [5, 5.41) is 8.52. The van der Waals surface area contributed by atoms with Crippen molar-refractivity contribution in [3.63, 3.8) is 0 Å². The van der Waals surface area contributed by atoms with Crippen LogP contribution in [0.3, 0.4) is 0 Å². The van der Waals surface area contributed by atoms with Gasteiger partial charge in [0.2, 0.25) is 5.75 Å². The van der Waals surface area contributed by atoms with Gasteiger partial charge in [0.05, 0.1) is 32.7 Å². The van der Waals surface area contributed by atoms with Gasteiger partial charge in [-0.2, -0.15) is 5.10 Å². The quantitative estimate of drug-likeness (QED) is 0.601. The van der Waals surface area contributed by atoms with Crippen molar-refractivity contribution in [1.29, 1.82) is 0 Å². The Morgan fingerprint density at radius 3 is 2.31 bits per heavy atom. The van der Waals surface area contributed by atoms with Crippen LogP contribution in [0.2, 0.25) is 0 Å². The molecule has 0 aliphatic heterocycles. The van der Waals surface area contributed by atoms with E-state index in [1.165, 1.54) is 24.1 Å². The summed E-state index contributed by atoms with van der Waals surface area (Å²) in [5.41, 5.74) is 4.43. The average Bonchev–Trinajstić information content (AvgIpc) is 3.55. The van der Waals surface area contributed by atoms with Crippen molar-refractivity contribution < 1.29 is 14.2 Å². The monoisotopic (exact) mass is 393 g/mol. The van der Waals surface area contributed by atoms with Crippen molar-refractivity contribution in [3.05, 3.63) is 59.3 Å². The number of hydrogen-bond acceptors (Lipinski definition) is 5. The lowest BCUT2D eigenvalue weighted by Crippen LogP contribution is -2.09. The lowest BCUT2D eigenvalue weighted by Gasteiger charge is -2.17. The van der Waals surface area contributed by atoms with Crippen LogP contribution in [0.1, 0.15) is 35.6 Å². The molecule has 0 radical (unpaired) electrons. The van der Waals surface area contributed by atoms with Gasteiger partial charge < -0.3 is 19.5 Å². The molecule has 29 heavy (non-hydrogen) atoms. The number of para-hydroxylation sites is 1. The molecule has 6 heteroatoms. The van der Waals surface area contributed by atoms with Crippen molar-refractivity contribution in [3.8, 4) is 22.9 Å². The molecular weight excluding hydrogens is 366 g/mol. The minimum absolute atomic E-state index is 0.576. The molecule has 3 aromatic rings. The number of nitrogens with zero attached hydrogens (tertiary/aromatic N) is 2. The van der Waals surface area contributed by atoms with Gasteiger partial charge in [-0.1, -0.05) is 18.2 Å². The zero-order valence-corrected chi connectivity index (χ0v) is 17.4. The summed E-state index contributed by atoms with van der Waals surface area (Å²) in [4.78, 5) is 0. The minimum Gasteiger partial charge on any atom is -0.493 e. The maximum atomic E-state index is 5.63. The second-order valence-electron chi connectivity index (χ2n) is 7.23. The van der Waals surface area contributed by atoms with E-state index in [-0.39, 0.29) is 0 Å². The zero-order chi connectivity index (χ0) is 20.4. The summed E-state index contributed by atoms with van der Waals surface area (Å²) in [6.45, 7) is 2.72. The smallest absolute Gasteiger partial charge is 0.203 e. The van der Waals surface area contributed by atoms with Crippen LogP contribution >= 0.6 is 0 Å². The van der Waals surface area contributed by atoms with Gasteiger partial charge in [-0.05, 0) is 44.0 Å². The number of aromatic nitrogens is 2. The largest absolute Gasteiger partial charge is 0.493 e. The van der Waals surface area contributed by atoms with E-state index in [0.29, 0.717) is 29.7 Å². The summed E-state index contributed by atoms with van der Waals surface area (Å²) < 4.78 is 18.5.